The van der Waals surface area contributed by atoms with Crippen LogP contribution in [0, 0.1) is 20.8 Å². The van der Waals surface area contributed by atoms with E-state index in [0.29, 0.717) is 6.42 Å². The molecule has 0 aliphatic rings. The second kappa shape index (κ2) is 27.4. The Morgan fingerprint density at radius 3 is 1.70 bits per heavy atom. The number of methoxy groups -OCH3 is 2. The van der Waals surface area contributed by atoms with E-state index in [0.717, 1.165) is 54.7 Å². The molecule has 240 valence electrons. The van der Waals surface area contributed by atoms with Gasteiger partial charge in [-0.1, -0.05) is 87.0 Å². The number of esters is 1. The molecule has 5 rings (SSSR count). The van der Waals surface area contributed by atoms with Crippen LogP contribution in [-0.2, 0) is 14.3 Å². The number of carbonyl (C=O) groups excluding carboxylic acids is 1. The molecule has 0 N–H and O–H groups in total. The molecule has 0 saturated heterocycles. The first kappa shape index (κ1) is 39.6. The number of hydrogen-bond donors (Lipinski definition) is 0. The highest BCUT2D eigenvalue weighted by Crippen LogP contribution is 2.13. The molecular formula is C36H50N2O6. The van der Waals surface area contributed by atoms with Crippen LogP contribution >= 0.6 is 0 Å². The summed E-state index contributed by atoms with van der Waals surface area (Å²) in [5.74, 6) is 2.25. The van der Waals surface area contributed by atoms with Crippen LogP contribution in [0.25, 0.3) is 11.1 Å². The minimum absolute atomic E-state index is 0.157. The van der Waals surface area contributed by atoms with Gasteiger partial charge in [-0.05, 0) is 44.0 Å². The number of oxazole rings is 2. The van der Waals surface area contributed by atoms with Crippen molar-refractivity contribution in [3.63, 3.8) is 0 Å². The summed E-state index contributed by atoms with van der Waals surface area (Å²) in [7, 11) is 3.09. The Balaban J connectivity index is 0.000000516. The van der Waals surface area contributed by atoms with Gasteiger partial charge in [0.05, 0.1) is 19.9 Å². The quantitative estimate of drug-likeness (QED) is 0.177. The highest BCUT2D eigenvalue weighted by atomic mass is 16.5. The molecule has 0 aliphatic heterocycles. The molecule has 0 aliphatic carbocycles. The Bertz CT molecular complexity index is 1270. The largest absolute Gasteiger partial charge is 0.494 e. The normalized spacial score (nSPS) is 9.09. The molecule has 0 atom stereocenters. The smallest absolute Gasteiger partial charge is 0.305 e. The number of carbonyl (C=O) groups is 1. The fourth-order valence-corrected chi connectivity index (χ4v) is 2.90. The van der Waals surface area contributed by atoms with Crippen molar-refractivity contribution in [2.45, 2.75) is 60.8 Å². The van der Waals surface area contributed by atoms with Gasteiger partial charge in [-0.25, -0.2) is 9.97 Å². The number of para-hydroxylation sites is 3. The molecule has 2 aromatic heterocycles. The highest BCUT2D eigenvalue weighted by Gasteiger charge is 1.97. The van der Waals surface area contributed by atoms with Crippen molar-refractivity contribution < 1.29 is 27.8 Å². The number of nitrogens with zero attached hydrogens (tertiary/aromatic N) is 2. The van der Waals surface area contributed by atoms with Gasteiger partial charge in [0.15, 0.2) is 17.4 Å². The van der Waals surface area contributed by atoms with E-state index in [4.69, 9.17) is 18.3 Å². The molecule has 0 saturated carbocycles. The lowest BCUT2D eigenvalue weighted by atomic mass is 10.2. The van der Waals surface area contributed by atoms with E-state index in [2.05, 4.69) is 47.6 Å². The van der Waals surface area contributed by atoms with Crippen molar-refractivity contribution in [1.82, 2.24) is 9.97 Å². The standard InChI is InChI=1S/C9H12O.C8H7NO.C7H8.C4H5NO.C4H8O2.C4H10O/c1-2-8-10-9-6-4-3-5-7-9;1-6-9-7-4-2-3-5-8(7)10-6;1-7-5-3-2-4-6-7;1-4-5-2-3-6-4;1-3-4(5)6-2;1-3-4-5-2/h3-7H,2,8H2,1H3;2-5H,1H3;2-6H,1H3;2-3H,1H3;3H2,1-2H3;3-4H2,1-2H3. The van der Waals surface area contributed by atoms with Crippen LogP contribution in [0.4, 0.5) is 0 Å². The van der Waals surface area contributed by atoms with Crippen molar-refractivity contribution in [2.75, 3.05) is 27.4 Å². The lowest BCUT2D eigenvalue weighted by molar-refractivity contribution is -0.140. The average molecular weight is 607 g/mol. The molecule has 8 heteroatoms. The number of ether oxygens (including phenoxy) is 3. The molecule has 0 amide bonds. The maximum Gasteiger partial charge on any atom is 0.305 e. The Hall–Kier alpha value is -4.43. The zero-order valence-electron chi connectivity index (χ0n) is 27.6. The SMILES string of the molecule is CCC(=O)OC.CCCOC.CCCOc1ccccc1.Cc1ccccc1.Cc1nc2ccccc2o1.Cc1ncco1. The minimum atomic E-state index is -0.157. The van der Waals surface area contributed by atoms with E-state index < -0.39 is 0 Å². The Morgan fingerprint density at radius 1 is 0.750 bits per heavy atom. The van der Waals surface area contributed by atoms with Crippen molar-refractivity contribution in [3.8, 4) is 5.75 Å². The summed E-state index contributed by atoms with van der Waals surface area (Å²) in [6.07, 6.45) is 5.83. The zero-order chi connectivity index (χ0) is 32.8. The summed E-state index contributed by atoms with van der Waals surface area (Å²) in [6.45, 7) is 13.4. The maximum atomic E-state index is 9.96. The van der Waals surface area contributed by atoms with Crippen LogP contribution < -0.4 is 4.74 Å². The molecule has 5 aromatic rings. The molecule has 3 aromatic carbocycles. The molecule has 0 spiro atoms. The van der Waals surface area contributed by atoms with Crippen LogP contribution in [0.15, 0.2) is 106 Å². The van der Waals surface area contributed by atoms with Crippen molar-refractivity contribution in [3.05, 3.63) is 115 Å². The molecule has 2 heterocycles. The highest BCUT2D eigenvalue weighted by molar-refractivity contribution is 5.72. The summed E-state index contributed by atoms with van der Waals surface area (Å²) in [4.78, 5) is 17.9. The summed E-state index contributed by atoms with van der Waals surface area (Å²) in [5.41, 5.74) is 3.11. The summed E-state index contributed by atoms with van der Waals surface area (Å²) in [5, 5.41) is 0. The first-order valence-corrected chi connectivity index (χ1v) is 14.7. The van der Waals surface area contributed by atoms with E-state index in [1.165, 1.54) is 12.7 Å². The van der Waals surface area contributed by atoms with E-state index >= 15 is 0 Å². The summed E-state index contributed by atoms with van der Waals surface area (Å²) in [6, 6.07) is 27.9. The van der Waals surface area contributed by atoms with Crippen LogP contribution in [0.2, 0.25) is 0 Å². The molecule has 44 heavy (non-hydrogen) atoms. The fourth-order valence-electron chi connectivity index (χ4n) is 2.90. The van der Waals surface area contributed by atoms with Gasteiger partial charge in [0.1, 0.15) is 17.5 Å². The number of aromatic nitrogens is 2. The third-order valence-corrected chi connectivity index (χ3v) is 5.04. The van der Waals surface area contributed by atoms with E-state index in [1.807, 2.05) is 79.7 Å². The van der Waals surface area contributed by atoms with Crippen LogP contribution in [0.1, 0.15) is 57.4 Å². The van der Waals surface area contributed by atoms with Gasteiger partial charge in [0, 0.05) is 34.0 Å². The molecule has 8 nitrogen and oxygen atoms in total. The number of benzene rings is 3. The topological polar surface area (TPSA) is 96.8 Å². The van der Waals surface area contributed by atoms with Gasteiger partial charge >= 0.3 is 5.97 Å². The Morgan fingerprint density at radius 2 is 1.34 bits per heavy atom. The van der Waals surface area contributed by atoms with Gasteiger partial charge in [0.2, 0.25) is 0 Å². The van der Waals surface area contributed by atoms with Crippen LogP contribution in [0.3, 0.4) is 0 Å². The average Bonchev–Trinajstić information content (AvgIpc) is 3.70. The molecular weight excluding hydrogens is 556 g/mol. The number of aryl methyl sites for hydroxylation is 3. The minimum Gasteiger partial charge on any atom is -0.494 e. The lowest BCUT2D eigenvalue weighted by Gasteiger charge is -2.01. The lowest BCUT2D eigenvalue weighted by Crippen LogP contribution is -1.94. The van der Waals surface area contributed by atoms with E-state index in [-0.39, 0.29) is 5.97 Å². The zero-order valence-corrected chi connectivity index (χ0v) is 27.6. The molecule has 0 radical (unpaired) electrons. The number of fused-ring (bicyclic) bond motifs is 1. The van der Waals surface area contributed by atoms with Gasteiger partial charge in [0.25, 0.3) is 0 Å². The second-order valence-corrected chi connectivity index (χ2v) is 8.99. The van der Waals surface area contributed by atoms with Crippen molar-refractivity contribution >= 4 is 17.1 Å². The first-order valence-electron chi connectivity index (χ1n) is 14.7. The van der Waals surface area contributed by atoms with Crippen LogP contribution in [0.5, 0.6) is 5.75 Å². The summed E-state index contributed by atoms with van der Waals surface area (Å²) < 4.78 is 24.3. The van der Waals surface area contributed by atoms with Crippen LogP contribution in [-0.4, -0.2) is 43.4 Å². The van der Waals surface area contributed by atoms with E-state index in [1.54, 1.807) is 33.4 Å². The maximum absolute atomic E-state index is 9.96. The number of rotatable bonds is 6. The first-order chi connectivity index (χ1) is 21.3. The monoisotopic (exact) mass is 606 g/mol. The van der Waals surface area contributed by atoms with Gasteiger partial charge < -0.3 is 23.0 Å². The van der Waals surface area contributed by atoms with Gasteiger partial charge in [-0.2, -0.15) is 0 Å². The number of hydrogen-bond acceptors (Lipinski definition) is 8. The Kier molecular flexibility index (Phi) is 24.6. The van der Waals surface area contributed by atoms with Gasteiger partial charge in [-0.15, -0.1) is 0 Å². The Labute approximate surface area is 263 Å². The predicted molar refractivity (Wildman–Crippen MR) is 178 cm³/mol. The predicted octanol–water partition coefficient (Wildman–Crippen LogP) is 9.20. The molecule has 0 bridgehead atoms. The third kappa shape index (κ3) is 22.2. The second-order valence-electron chi connectivity index (χ2n) is 8.99. The van der Waals surface area contributed by atoms with Gasteiger partial charge in [-0.3, -0.25) is 4.79 Å². The van der Waals surface area contributed by atoms with E-state index in [9.17, 15) is 4.79 Å². The van der Waals surface area contributed by atoms with Crippen molar-refractivity contribution in [1.29, 1.82) is 0 Å². The molecule has 0 fully saturated rings. The van der Waals surface area contributed by atoms with Crippen molar-refractivity contribution in [2.24, 2.45) is 0 Å². The fraction of sp³-hybridized carbons (Fsp3) is 0.361. The third-order valence-electron chi connectivity index (χ3n) is 5.04. The molecule has 0 unspecified atom stereocenters. The summed E-state index contributed by atoms with van der Waals surface area (Å²) >= 11 is 0.